The number of urea groups is 1. The molecule has 0 unspecified atom stereocenters. The van der Waals surface area contributed by atoms with Crippen LogP contribution in [0.5, 0.6) is 5.75 Å². The third kappa shape index (κ3) is 6.70. The monoisotopic (exact) mass is 584 g/mol. The molecule has 2 aromatic carbocycles. The Kier molecular flexibility index (Phi) is 9.01. The Bertz CT molecular complexity index is 1580. The number of carbonyl (C=O) groups excluding carboxylic acids is 1. The minimum atomic E-state index is -4.05. The SMILES string of the molecule is Cc1noc(C)c1NC(=O)N(C)C[C@@H]1Oc2cc(C#Cc3cccc(F)c3)ccc2S(=O)(=O)N([C@@H](C)CO)C[C@H]1C. The number of benzene rings is 2. The second-order valence-corrected chi connectivity index (χ2v) is 12.0. The topological polar surface area (TPSA) is 125 Å². The number of sulfonamides is 1. The number of nitrogens with one attached hydrogen (secondary N) is 1. The van der Waals surface area contributed by atoms with Crippen LogP contribution < -0.4 is 10.1 Å². The van der Waals surface area contributed by atoms with E-state index in [1.54, 1.807) is 46.0 Å². The molecule has 1 aliphatic heterocycles. The van der Waals surface area contributed by atoms with Crippen LogP contribution >= 0.6 is 0 Å². The summed E-state index contributed by atoms with van der Waals surface area (Å²) in [6, 6.07) is 9.22. The van der Waals surface area contributed by atoms with Gasteiger partial charge in [-0.25, -0.2) is 17.6 Å². The Balaban J connectivity index is 1.68. The third-order valence-electron chi connectivity index (χ3n) is 6.91. The molecule has 2 N–H and O–H groups in total. The van der Waals surface area contributed by atoms with Gasteiger partial charge >= 0.3 is 6.03 Å². The fourth-order valence-corrected chi connectivity index (χ4v) is 6.27. The van der Waals surface area contributed by atoms with E-state index in [0.717, 1.165) is 0 Å². The van der Waals surface area contributed by atoms with Gasteiger partial charge in [-0.1, -0.05) is 30.0 Å². The summed E-state index contributed by atoms with van der Waals surface area (Å²) in [4.78, 5) is 14.4. The van der Waals surface area contributed by atoms with E-state index in [1.165, 1.54) is 33.5 Å². The number of hydrogen-bond donors (Lipinski definition) is 2. The van der Waals surface area contributed by atoms with Gasteiger partial charge in [0, 0.05) is 36.7 Å². The van der Waals surface area contributed by atoms with Crippen molar-refractivity contribution in [1.82, 2.24) is 14.4 Å². The first-order chi connectivity index (χ1) is 19.4. The number of aliphatic hydroxyl groups is 1. The van der Waals surface area contributed by atoms with Crippen molar-refractivity contribution >= 4 is 21.7 Å². The second kappa shape index (κ2) is 12.3. The molecule has 3 aromatic rings. The summed E-state index contributed by atoms with van der Waals surface area (Å²) in [5.41, 5.74) is 1.95. The average Bonchev–Trinajstić information content (AvgIpc) is 3.25. The molecule has 218 valence electrons. The quantitative estimate of drug-likeness (QED) is 0.438. The number of aliphatic hydroxyl groups excluding tert-OH is 1. The minimum Gasteiger partial charge on any atom is -0.487 e. The maximum atomic E-state index is 13.7. The molecule has 10 nitrogen and oxygen atoms in total. The van der Waals surface area contributed by atoms with Crippen LogP contribution in [0.1, 0.15) is 36.4 Å². The molecular weight excluding hydrogens is 551 g/mol. The fourth-order valence-electron chi connectivity index (χ4n) is 4.45. The summed E-state index contributed by atoms with van der Waals surface area (Å²) in [5, 5.41) is 16.5. The molecule has 0 bridgehead atoms. The highest BCUT2D eigenvalue weighted by Crippen LogP contribution is 2.34. The van der Waals surface area contributed by atoms with Gasteiger partial charge in [0.25, 0.3) is 0 Å². The summed E-state index contributed by atoms with van der Waals surface area (Å²) < 4.78 is 53.7. The predicted octanol–water partition coefficient (Wildman–Crippen LogP) is 3.76. The van der Waals surface area contributed by atoms with Crippen LogP contribution in [0.25, 0.3) is 0 Å². The number of hydrogen-bond acceptors (Lipinski definition) is 7. The van der Waals surface area contributed by atoms with Gasteiger partial charge < -0.3 is 24.6 Å². The van der Waals surface area contributed by atoms with Crippen LogP contribution in [0.15, 0.2) is 51.9 Å². The molecule has 41 heavy (non-hydrogen) atoms. The van der Waals surface area contributed by atoms with E-state index >= 15 is 0 Å². The normalized spacial score (nSPS) is 19.0. The van der Waals surface area contributed by atoms with Gasteiger partial charge in [-0.3, -0.25) is 0 Å². The molecule has 0 aliphatic carbocycles. The van der Waals surface area contributed by atoms with Crippen molar-refractivity contribution in [2.45, 2.75) is 44.7 Å². The lowest BCUT2D eigenvalue weighted by Gasteiger charge is -2.37. The fraction of sp³-hybridized carbons (Fsp3) is 0.379. The van der Waals surface area contributed by atoms with E-state index in [1.807, 2.05) is 6.92 Å². The number of fused-ring (bicyclic) bond motifs is 1. The molecule has 0 fully saturated rings. The first kappa shape index (κ1) is 30.0. The van der Waals surface area contributed by atoms with Gasteiger partial charge in [0.1, 0.15) is 33.9 Å². The van der Waals surface area contributed by atoms with Crippen LogP contribution in [0.4, 0.5) is 14.9 Å². The molecule has 0 saturated carbocycles. The lowest BCUT2D eigenvalue weighted by atomic mass is 10.0. The summed E-state index contributed by atoms with van der Waals surface area (Å²) >= 11 is 0. The van der Waals surface area contributed by atoms with Crippen molar-refractivity contribution in [3.63, 3.8) is 0 Å². The molecule has 2 heterocycles. The summed E-state index contributed by atoms with van der Waals surface area (Å²) in [7, 11) is -2.44. The Hall–Kier alpha value is -3.92. The van der Waals surface area contributed by atoms with Gasteiger partial charge in [0.15, 0.2) is 5.76 Å². The Labute approximate surface area is 239 Å². The van der Waals surface area contributed by atoms with Crippen molar-refractivity contribution < 1.29 is 32.0 Å². The number of ether oxygens (including phenoxy) is 1. The van der Waals surface area contributed by atoms with Crippen molar-refractivity contribution in [1.29, 1.82) is 0 Å². The number of amides is 2. The zero-order valence-corrected chi connectivity index (χ0v) is 24.3. The summed E-state index contributed by atoms with van der Waals surface area (Å²) in [5.74, 6) is 5.57. The molecule has 0 radical (unpaired) electrons. The van der Waals surface area contributed by atoms with Gasteiger partial charge in [0.05, 0.1) is 13.2 Å². The van der Waals surface area contributed by atoms with E-state index in [9.17, 15) is 22.7 Å². The number of aryl methyl sites for hydroxylation is 2. The summed E-state index contributed by atoms with van der Waals surface area (Å²) in [6.45, 7) is 6.68. The highest BCUT2D eigenvalue weighted by atomic mass is 32.2. The second-order valence-electron chi connectivity index (χ2n) is 10.2. The molecule has 3 atom stereocenters. The van der Waals surface area contributed by atoms with Crippen molar-refractivity contribution in [2.24, 2.45) is 5.92 Å². The van der Waals surface area contributed by atoms with Crippen LogP contribution in [0.3, 0.4) is 0 Å². The molecule has 1 aromatic heterocycles. The Morgan fingerprint density at radius 2 is 1.95 bits per heavy atom. The number of aromatic nitrogens is 1. The number of anilines is 1. The van der Waals surface area contributed by atoms with Gasteiger partial charge in [-0.2, -0.15) is 4.31 Å². The molecule has 4 rings (SSSR count). The smallest absolute Gasteiger partial charge is 0.321 e. The van der Waals surface area contributed by atoms with Crippen molar-refractivity contribution in [3.8, 4) is 17.6 Å². The largest absolute Gasteiger partial charge is 0.487 e. The van der Waals surface area contributed by atoms with E-state index < -0.39 is 34.0 Å². The first-order valence-corrected chi connectivity index (χ1v) is 14.5. The number of nitrogens with zero attached hydrogens (tertiary/aromatic N) is 3. The molecule has 2 amide bonds. The Morgan fingerprint density at radius 3 is 2.59 bits per heavy atom. The zero-order valence-electron chi connectivity index (χ0n) is 23.5. The molecular formula is C29H33FN4O6S. The van der Waals surface area contributed by atoms with Crippen LogP contribution in [0.2, 0.25) is 0 Å². The Morgan fingerprint density at radius 1 is 1.24 bits per heavy atom. The number of likely N-dealkylation sites (N-methyl/N-ethyl adjacent to an activating group) is 1. The molecule has 0 spiro atoms. The minimum absolute atomic E-state index is 0.0641. The predicted molar refractivity (Wildman–Crippen MR) is 150 cm³/mol. The van der Waals surface area contributed by atoms with Crippen LogP contribution in [-0.4, -0.2) is 72.8 Å². The van der Waals surface area contributed by atoms with Gasteiger partial charge in [0.2, 0.25) is 10.0 Å². The van der Waals surface area contributed by atoms with E-state index in [-0.39, 0.29) is 36.3 Å². The average molecular weight is 585 g/mol. The third-order valence-corrected chi connectivity index (χ3v) is 8.93. The van der Waals surface area contributed by atoms with Crippen molar-refractivity contribution in [2.75, 3.05) is 32.1 Å². The van der Waals surface area contributed by atoms with Crippen molar-refractivity contribution in [3.05, 3.63) is 70.9 Å². The van der Waals surface area contributed by atoms with E-state index in [2.05, 4.69) is 22.3 Å². The highest BCUT2D eigenvalue weighted by molar-refractivity contribution is 7.89. The van der Waals surface area contributed by atoms with Gasteiger partial charge in [-0.15, -0.1) is 0 Å². The highest BCUT2D eigenvalue weighted by Gasteiger charge is 2.38. The van der Waals surface area contributed by atoms with E-state index in [4.69, 9.17) is 9.26 Å². The van der Waals surface area contributed by atoms with Gasteiger partial charge in [-0.05, 0) is 57.2 Å². The van der Waals surface area contributed by atoms with Crippen LogP contribution in [-0.2, 0) is 10.0 Å². The number of carbonyl (C=O) groups is 1. The molecule has 1 aliphatic rings. The lowest BCUT2D eigenvalue weighted by molar-refractivity contribution is 0.0830. The summed E-state index contributed by atoms with van der Waals surface area (Å²) in [6.07, 6.45) is -0.621. The number of rotatable bonds is 5. The zero-order chi connectivity index (χ0) is 29.9. The standard InChI is InChI=1S/C29H33FN4O6S/c1-18-15-34(19(2)17-35)41(37,38)27-12-11-23(10-9-22-7-6-8-24(30)13-22)14-25(27)39-26(18)16-33(5)29(36)31-28-20(3)32-40-21(28)4/h6-8,11-14,18-19,26,35H,15-17H2,1-5H3,(H,31,36)/t18-,19+,26+/m1/s1. The number of halogens is 1. The maximum Gasteiger partial charge on any atom is 0.321 e. The molecule has 12 heteroatoms. The van der Waals surface area contributed by atoms with E-state index in [0.29, 0.717) is 28.3 Å². The maximum absolute atomic E-state index is 13.7. The first-order valence-electron chi connectivity index (χ1n) is 13.1. The molecule has 0 saturated heterocycles. The lowest BCUT2D eigenvalue weighted by Crippen LogP contribution is -2.50. The van der Waals surface area contributed by atoms with Crippen LogP contribution in [0, 0.1) is 37.4 Å².